The summed E-state index contributed by atoms with van der Waals surface area (Å²) in [5.41, 5.74) is 3.20. The normalized spacial score (nSPS) is 11.5. The molecule has 0 saturated heterocycles. The molecule has 3 aromatic carbocycles. The van der Waals surface area contributed by atoms with Gasteiger partial charge in [-0.25, -0.2) is 0 Å². The van der Waals surface area contributed by atoms with E-state index in [9.17, 15) is 14.7 Å². The molecular formula is C27H29NO5. The van der Waals surface area contributed by atoms with Gasteiger partial charge in [-0.2, -0.15) is 0 Å². The molecule has 0 aliphatic heterocycles. The van der Waals surface area contributed by atoms with E-state index in [1.165, 1.54) is 7.11 Å². The van der Waals surface area contributed by atoms with Crippen LogP contribution < -0.4 is 14.8 Å². The Morgan fingerprint density at radius 2 is 1.64 bits per heavy atom. The Bertz CT molecular complexity index is 1060. The highest BCUT2D eigenvalue weighted by atomic mass is 16.5. The van der Waals surface area contributed by atoms with Crippen molar-refractivity contribution < 1.29 is 24.2 Å². The fourth-order valence-electron chi connectivity index (χ4n) is 3.47. The predicted molar refractivity (Wildman–Crippen MR) is 127 cm³/mol. The van der Waals surface area contributed by atoms with Crippen LogP contribution in [0.1, 0.15) is 40.4 Å². The van der Waals surface area contributed by atoms with E-state index < -0.39 is 11.9 Å². The molecule has 0 heterocycles. The predicted octanol–water partition coefficient (Wildman–Crippen LogP) is 4.86. The van der Waals surface area contributed by atoms with Crippen LogP contribution in [-0.4, -0.2) is 24.1 Å². The average Bonchev–Trinajstić information content (AvgIpc) is 2.85. The minimum atomic E-state index is -0.837. The lowest BCUT2D eigenvalue weighted by molar-refractivity contribution is -0.141. The molecule has 0 fully saturated rings. The van der Waals surface area contributed by atoms with Crippen molar-refractivity contribution >= 4 is 11.9 Å². The first kappa shape index (κ1) is 23.9. The lowest BCUT2D eigenvalue weighted by Crippen LogP contribution is -2.24. The van der Waals surface area contributed by atoms with Crippen LogP contribution in [0.3, 0.4) is 0 Å². The SMILES string of the molecule is CCC(Cc1ccc(OC)c(C(=O)NCc2ccc(OCc3ccccc3)cc2)c1)C(=O)O. The Morgan fingerprint density at radius 3 is 2.27 bits per heavy atom. The van der Waals surface area contributed by atoms with E-state index >= 15 is 0 Å². The molecule has 3 aromatic rings. The number of nitrogens with one attached hydrogen (secondary N) is 1. The fraction of sp³-hybridized carbons (Fsp3) is 0.259. The standard InChI is InChI=1S/C27H29NO5/c1-3-22(27(30)31)15-21-11-14-25(32-2)24(16-21)26(29)28-17-19-9-12-23(13-10-19)33-18-20-7-5-4-6-8-20/h4-14,16,22H,3,15,17-18H2,1-2H3,(H,28,29)(H,30,31). The highest BCUT2D eigenvalue weighted by molar-refractivity contribution is 5.97. The van der Waals surface area contributed by atoms with Gasteiger partial charge in [0.2, 0.25) is 0 Å². The molecule has 6 nitrogen and oxygen atoms in total. The zero-order valence-electron chi connectivity index (χ0n) is 18.9. The van der Waals surface area contributed by atoms with E-state index in [1.54, 1.807) is 18.2 Å². The minimum absolute atomic E-state index is 0.276. The maximum Gasteiger partial charge on any atom is 0.306 e. The molecule has 33 heavy (non-hydrogen) atoms. The molecule has 0 aliphatic rings. The van der Waals surface area contributed by atoms with Crippen LogP contribution in [0.4, 0.5) is 0 Å². The van der Waals surface area contributed by atoms with E-state index in [-0.39, 0.29) is 5.91 Å². The number of methoxy groups -OCH3 is 1. The second-order valence-corrected chi connectivity index (χ2v) is 7.78. The van der Waals surface area contributed by atoms with Gasteiger partial charge in [-0.15, -0.1) is 0 Å². The molecule has 0 radical (unpaired) electrons. The van der Waals surface area contributed by atoms with Crippen molar-refractivity contribution in [2.24, 2.45) is 5.92 Å². The molecular weight excluding hydrogens is 418 g/mol. The summed E-state index contributed by atoms with van der Waals surface area (Å²) in [6.45, 7) is 2.68. The number of ether oxygens (including phenoxy) is 2. The molecule has 1 unspecified atom stereocenters. The largest absolute Gasteiger partial charge is 0.496 e. The average molecular weight is 448 g/mol. The number of aliphatic carboxylic acids is 1. The summed E-state index contributed by atoms with van der Waals surface area (Å²) in [6, 6.07) is 22.7. The second kappa shape index (κ2) is 11.7. The molecule has 0 saturated carbocycles. The van der Waals surface area contributed by atoms with Gasteiger partial charge in [-0.3, -0.25) is 9.59 Å². The van der Waals surface area contributed by atoms with E-state index in [1.807, 2.05) is 61.5 Å². The molecule has 6 heteroatoms. The number of hydrogen-bond acceptors (Lipinski definition) is 4. The van der Waals surface area contributed by atoms with Crippen molar-refractivity contribution in [2.45, 2.75) is 32.9 Å². The first-order chi connectivity index (χ1) is 16.0. The quantitative estimate of drug-likeness (QED) is 0.439. The van der Waals surface area contributed by atoms with Gasteiger partial charge in [0.25, 0.3) is 5.91 Å². The number of rotatable bonds is 11. The van der Waals surface area contributed by atoms with Crippen molar-refractivity contribution in [1.29, 1.82) is 0 Å². The van der Waals surface area contributed by atoms with Crippen LogP contribution in [0.15, 0.2) is 72.8 Å². The van der Waals surface area contributed by atoms with Crippen molar-refractivity contribution in [1.82, 2.24) is 5.32 Å². The lowest BCUT2D eigenvalue weighted by atomic mass is 9.95. The number of carboxylic acids is 1. The van der Waals surface area contributed by atoms with Crippen LogP contribution in [0.5, 0.6) is 11.5 Å². The molecule has 0 aliphatic carbocycles. The van der Waals surface area contributed by atoms with Crippen LogP contribution >= 0.6 is 0 Å². The molecule has 172 valence electrons. The Kier molecular flexibility index (Phi) is 8.47. The van der Waals surface area contributed by atoms with Crippen molar-refractivity contribution in [3.05, 3.63) is 95.1 Å². The first-order valence-corrected chi connectivity index (χ1v) is 10.9. The van der Waals surface area contributed by atoms with E-state index in [2.05, 4.69) is 5.32 Å². The third-order valence-electron chi connectivity index (χ3n) is 5.46. The summed E-state index contributed by atoms with van der Waals surface area (Å²) < 4.78 is 11.1. The molecule has 2 N–H and O–H groups in total. The van der Waals surface area contributed by atoms with Gasteiger partial charge in [0.15, 0.2) is 0 Å². The van der Waals surface area contributed by atoms with Crippen molar-refractivity contribution in [3.8, 4) is 11.5 Å². The van der Waals surface area contributed by atoms with Gasteiger partial charge in [0.05, 0.1) is 18.6 Å². The highest BCUT2D eigenvalue weighted by Gasteiger charge is 2.18. The summed E-state index contributed by atoms with van der Waals surface area (Å²) in [4.78, 5) is 24.2. The number of benzene rings is 3. The highest BCUT2D eigenvalue weighted by Crippen LogP contribution is 2.23. The summed E-state index contributed by atoms with van der Waals surface area (Å²) in [7, 11) is 1.51. The van der Waals surface area contributed by atoms with Gasteiger partial charge in [-0.1, -0.05) is 55.5 Å². The minimum Gasteiger partial charge on any atom is -0.496 e. The van der Waals surface area contributed by atoms with Gasteiger partial charge in [0.1, 0.15) is 18.1 Å². The molecule has 0 aromatic heterocycles. The smallest absolute Gasteiger partial charge is 0.306 e. The summed E-state index contributed by atoms with van der Waals surface area (Å²) >= 11 is 0. The monoisotopic (exact) mass is 447 g/mol. The Balaban J connectivity index is 1.60. The molecule has 0 bridgehead atoms. The topological polar surface area (TPSA) is 84.9 Å². The number of amides is 1. The Hall–Kier alpha value is -3.80. The van der Waals surface area contributed by atoms with Crippen LogP contribution in [0.25, 0.3) is 0 Å². The van der Waals surface area contributed by atoms with Gasteiger partial charge in [-0.05, 0) is 53.8 Å². The van der Waals surface area contributed by atoms with Gasteiger partial charge in [0, 0.05) is 6.54 Å². The zero-order valence-corrected chi connectivity index (χ0v) is 18.9. The number of hydrogen-bond donors (Lipinski definition) is 2. The molecule has 1 amide bonds. The molecule has 0 spiro atoms. The first-order valence-electron chi connectivity index (χ1n) is 10.9. The zero-order chi connectivity index (χ0) is 23.6. The lowest BCUT2D eigenvalue weighted by Gasteiger charge is -2.14. The second-order valence-electron chi connectivity index (χ2n) is 7.78. The third kappa shape index (κ3) is 6.84. The van der Waals surface area contributed by atoms with Crippen LogP contribution in [0.2, 0.25) is 0 Å². The maximum absolute atomic E-state index is 12.8. The van der Waals surface area contributed by atoms with Gasteiger partial charge >= 0.3 is 5.97 Å². The number of carbonyl (C=O) groups is 2. The van der Waals surface area contributed by atoms with E-state index in [0.29, 0.717) is 37.3 Å². The number of carbonyl (C=O) groups excluding carboxylic acids is 1. The molecule has 1 atom stereocenters. The summed E-state index contributed by atoms with van der Waals surface area (Å²) in [6.07, 6.45) is 0.883. The van der Waals surface area contributed by atoms with E-state index in [0.717, 1.165) is 22.4 Å². The Labute approximate surface area is 194 Å². The molecule has 3 rings (SSSR count). The summed E-state index contributed by atoms with van der Waals surface area (Å²) in [5, 5.41) is 12.2. The maximum atomic E-state index is 12.8. The van der Waals surface area contributed by atoms with Crippen molar-refractivity contribution in [2.75, 3.05) is 7.11 Å². The van der Waals surface area contributed by atoms with Crippen molar-refractivity contribution in [3.63, 3.8) is 0 Å². The third-order valence-corrected chi connectivity index (χ3v) is 5.46. The van der Waals surface area contributed by atoms with Gasteiger partial charge < -0.3 is 19.9 Å². The van der Waals surface area contributed by atoms with Crippen LogP contribution in [0, 0.1) is 5.92 Å². The van der Waals surface area contributed by atoms with E-state index in [4.69, 9.17) is 9.47 Å². The number of carboxylic acid groups (broad SMARTS) is 1. The Morgan fingerprint density at radius 1 is 0.939 bits per heavy atom. The fourth-order valence-corrected chi connectivity index (χ4v) is 3.47. The van der Waals surface area contributed by atoms with Crippen LogP contribution in [-0.2, 0) is 24.4 Å². The summed E-state index contributed by atoms with van der Waals surface area (Å²) in [5.74, 6) is -0.398.